The fourth-order valence-electron chi connectivity index (χ4n) is 1.06. The van der Waals surface area contributed by atoms with Crippen LogP contribution in [0, 0.1) is 16.7 Å². The Morgan fingerprint density at radius 1 is 1.50 bits per heavy atom. The molecule has 0 saturated heterocycles. The molecule has 1 aromatic rings. The van der Waals surface area contributed by atoms with Crippen LogP contribution in [0.25, 0.3) is 0 Å². The number of nitrogens with two attached hydrogens (primary N) is 1. The molecule has 0 unspecified atom stereocenters. The molecule has 0 aromatic heterocycles. The topological polar surface area (TPSA) is 128 Å². The first-order valence-corrected chi connectivity index (χ1v) is 5.09. The van der Waals surface area contributed by atoms with E-state index in [-0.39, 0.29) is 18.9 Å². The lowest BCUT2D eigenvalue weighted by molar-refractivity contribution is 0.201. The van der Waals surface area contributed by atoms with Crippen molar-refractivity contribution in [2.75, 3.05) is 18.6 Å². The number of nitrogens with one attached hydrogen (secondary N) is 2. The summed E-state index contributed by atoms with van der Waals surface area (Å²) in [6, 6.07) is 8.44. The lowest BCUT2D eigenvalue weighted by Gasteiger charge is -2.05. The second kappa shape index (κ2) is 6.88. The molecule has 5 N–H and O–H groups in total. The number of rotatable bonds is 6. The first-order valence-electron chi connectivity index (χ1n) is 5.09. The number of hydrogen-bond acceptors (Lipinski definition) is 6. The molecule has 0 heterocycles. The van der Waals surface area contributed by atoms with Crippen LogP contribution in [0.1, 0.15) is 0 Å². The molecule has 7 heteroatoms. The van der Waals surface area contributed by atoms with Gasteiger partial charge < -0.3 is 15.6 Å². The van der Waals surface area contributed by atoms with Gasteiger partial charge in [-0.1, -0.05) is 0 Å². The maximum atomic E-state index is 8.63. The van der Waals surface area contributed by atoms with Crippen molar-refractivity contribution < 1.29 is 9.84 Å². The zero-order valence-corrected chi connectivity index (χ0v) is 9.55. The second-order valence-electron chi connectivity index (χ2n) is 3.19. The van der Waals surface area contributed by atoms with Crippen molar-refractivity contribution in [3.8, 4) is 11.8 Å². The van der Waals surface area contributed by atoms with Gasteiger partial charge in [0.25, 0.3) is 0 Å². The van der Waals surface area contributed by atoms with E-state index >= 15 is 0 Å². The van der Waals surface area contributed by atoms with Gasteiger partial charge in [-0.2, -0.15) is 10.4 Å². The van der Waals surface area contributed by atoms with E-state index in [1.165, 1.54) is 0 Å². The van der Waals surface area contributed by atoms with Gasteiger partial charge in [0.15, 0.2) is 5.84 Å². The molecule has 1 rings (SSSR count). The molecule has 0 fully saturated rings. The number of ether oxygens (including phenoxy) is 1. The molecule has 0 saturated carbocycles. The van der Waals surface area contributed by atoms with Gasteiger partial charge in [-0.25, -0.2) is 0 Å². The Bertz CT molecular complexity index is 475. The van der Waals surface area contributed by atoms with Crippen molar-refractivity contribution in [3.63, 3.8) is 0 Å². The molecule has 18 heavy (non-hydrogen) atoms. The van der Waals surface area contributed by atoms with Gasteiger partial charge in [0.2, 0.25) is 5.71 Å². The summed E-state index contributed by atoms with van der Waals surface area (Å²) in [5.74, 6) is 0.221. The van der Waals surface area contributed by atoms with Gasteiger partial charge in [0.1, 0.15) is 18.4 Å². The standard InChI is InChI=1S/C11H13N5O2/c12-7-10(11(13)14)16-15-8-1-3-9(4-2-8)18-6-5-17/h1-4,15,17H,5-6H2,(H3,13,14)/b16-10+. The Balaban J connectivity index is 2.64. The minimum Gasteiger partial charge on any atom is -0.491 e. The maximum Gasteiger partial charge on any atom is 0.201 e. The zero-order valence-electron chi connectivity index (χ0n) is 9.55. The van der Waals surface area contributed by atoms with Crippen molar-refractivity contribution in [3.05, 3.63) is 24.3 Å². The molecule has 0 spiro atoms. The van der Waals surface area contributed by atoms with Crippen molar-refractivity contribution >= 4 is 17.2 Å². The van der Waals surface area contributed by atoms with Crippen molar-refractivity contribution in [2.24, 2.45) is 10.8 Å². The van der Waals surface area contributed by atoms with Crippen molar-refractivity contribution in [1.82, 2.24) is 0 Å². The third-order valence-electron chi connectivity index (χ3n) is 1.87. The number of aliphatic hydroxyl groups is 1. The summed E-state index contributed by atoms with van der Waals surface area (Å²) in [7, 11) is 0. The Hall–Kier alpha value is -2.59. The minimum absolute atomic E-state index is 0.0472. The number of hydrazone groups is 1. The average molecular weight is 247 g/mol. The lowest BCUT2D eigenvalue weighted by Crippen LogP contribution is -2.21. The molecule has 0 aliphatic heterocycles. The van der Waals surface area contributed by atoms with E-state index in [0.717, 1.165) is 0 Å². The summed E-state index contributed by atoms with van der Waals surface area (Å²) in [5.41, 5.74) is 8.18. The summed E-state index contributed by atoms with van der Waals surface area (Å²) in [6.45, 7) is 0.183. The summed E-state index contributed by atoms with van der Waals surface area (Å²) >= 11 is 0. The van der Waals surface area contributed by atoms with Crippen LogP contribution in [0.4, 0.5) is 5.69 Å². The molecule has 7 nitrogen and oxygen atoms in total. The number of amidine groups is 1. The number of benzene rings is 1. The van der Waals surface area contributed by atoms with Crippen LogP contribution in [-0.4, -0.2) is 29.9 Å². The van der Waals surface area contributed by atoms with E-state index in [4.69, 9.17) is 26.2 Å². The summed E-state index contributed by atoms with van der Waals surface area (Å²) in [6.07, 6.45) is 0. The normalized spacial score (nSPS) is 10.6. The predicted octanol–water partition coefficient (Wildman–Crippen LogP) is 0.285. The third-order valence-corrected chi connectivity index (χ3v) is 1.87. The molecule has 0 aliphatic rings. The van der Waals surface area contributed by atoms with E-state index in [1.54, 1.807) is 30.3 Å². The molecule has 0 atom stereocenters. The highest BCUT2D eigenvalue weighted by atomic mass is 16.5. The first-order chi connectivity index (χ1) is 8.67. The molecule has 0 radical (unpaired) electrons. The number of nitrogens with zero attached hydrogens (tertiary/aromatic N) is 2. The molecule has 0 aliphatic carbocycles. The summed E-state index contributed by atoms with van der Waals surface area (Å²) < 4.78 is 5.18. The Morgan fingerprint density at radius 3 is 2.67 bits per heavy atom. The fourth-order valence-corrected chi connectivity index (χ4v) is 1.06. The highest BCUT2D eigenvalue weighted by Gasteiger charge is 2.00. The molecule has 1 aromatic carbocycles. The van der Waals surface area contributed by atoms with Gasteiger partial charge in [-0.15, -0.1) is 0 Å². The minimum atomic E-state index is -0.395. The van der Waals surface area contributed by atoms with Crippen molar-refractivity contribution in [2.45, 2.75) is 0 Å². The number of hydrogen-bond donors (Lipinski definition) is 4. The van der Waals surface area contributed by atoms with Crippen LogP contribution < -0.4 is 15.9 Å². The maximum absolute atomic E-state index is 8.63. The largest absolute Gasteiger partial charge is 0.491 e. The lowest BCUT2D eigenvalue weighted by atomic mass is 10.3. The van der Waals surface area contributed by atoms with E-state index < -0.39 is 5.84 Å². The smallest absolute Gasteiger partial charge is 0.201 e. The predicted molar refractivity (Wildman–Crippen MR) is 67.6 cm³/mol. The summed E-state index contributed by atoms with van der Waals surface area (Å²) in [4.78, 5) is 0. The van der Waals surface area contributed by atoms with Crippen LogP contribution in [0.3, 0.4) is 0 Å². The fraction of sp³-hybridized carbons (Fsp3) is 0.182. The van der Waals surface area contributed by atoms with E-state index in [1.807, 2.05) is 0 Å². The monoisotopic (exact) mass is 247 g/mol. The SMILES string of the molecule is N#C/C(=N\Nc1ccc(OCCO)cc1)C(=N)N. The van der Waals surface area contributed by atoms with Crippen LogP contribution in [0.15, 0.2) is 29.4 Å². The van der Waals surface area contributed by atoms with Crippen LogP contribution >= 0.6 is 0 Å². The van der Waals surface area contributed by atoms with Crippen LogP contribution in [-0.2, 0) is 0 Å². The van der Waals surface area contributed by atoms with Gasteiger partial charge >= 0.3 is 0 Å². The molecule has 0 bridgehead atoms. The molecule has 0 amide bonds. The highest BCUT2D eigenvalue weighted by Crippen LogP contribution is 2.15. The van der Waals surface area contributed by atoms with Crippen LogP contribution in [0.5, 0.6) is 5.75 Å². The van der Waals surface area contributed by atoms with Gasteiger partial charge in [-0.05, 0) is 24.3 Å². The van der Waals surface area contributed by atoms with E-state index in [9.17, 15) is 0 Å². The summed E-state index contributed by atoms with van der Waals surface area (Å²) in [5, 5.41) is 28.0. The quantitative estimate of drug-likeness (QED) is 0.326. The molecular formula is C11H13N5O2. The molecule has 94 valence electrons. The second-order valence-corrected chi connectivity index (χ2v) is 3.19. The zero-order chi connectivity index (χ0) is 13.4. The van der Waals surface area contributed by atoms with E-state index in [2.05, 4.69) is 10.5 Å². The van der Waals surface area contributed by atoms with Gasteiger partial charge in [0.05, 0.1) is 12.3 Å². The third kappa shape index (κ3) is 4.11. The highest BCUT2D eigenvalue weighted by molar-refractivity contribution is 6.45. The van der Waals surface area contributed by atoms with Crippen LogP contribution in [0.2, 0.25) is 0 Å². The first kappa shape index (κ1) is 13.5. The number of anilines is 1. The van der Waals surface area contributed by atoms with Gasteiger partial charge in [0, 0.05) is 0 Å². The van der Waals surface area contributed by atoms with Gasteiger partial charge in [-0.3, -0.25) is 10.8 Å². The Morgan fingerprint density at radius 2 is 2.17 bits per heavy atom. The Kier molecular flexibility index (Phi) is 5.15. The van der Waals surface area contributed by atoms with Crippen molar-refractivity contribution in [1.29, 1.82) is 10.7 Å². The number of aliphatic hydroxyl groups excluding tert-OH is 1. The molecular weight excluding hydrogens is 234 g/mol. The Labute approximate surface area is 104 Å². The van der Waals surface area contributed by atoms with E-state index in [0.29, 0.717) is 11.4 Å². The average Bonchev–Trinajstić information content (AvgIpc) is 2.38. The number of nitriles is 1.